The number of halogens is 2. The fourth-order valence-corrected chi connectivity index (χ4v) is 5.62. The molecule has 0 atom stereocenters. The first-order valence-electron chi connectivity index (χ1n) is 17.2. The largest absolute Gasteiger partial charge is 0.494 e. The average Bonchev–Trinajstić information content (AvgIpc) is 3.08. The Labute approximate surface area is 269 Å². The van der Waals surface area contributed by atoms with Crippen molar-refractivity contribution in [2.45, 2.75) is 97.3 Å². The molecule has 4 rings (SSSR count). The van der Waals surface area contributed by atoms with Gasteiger partial charge in [-0.15, -0.1) is 0 Å². The predicted octanol–water partition coefficient (Wildman–Crippen LogP) is 12.8. The van der Waals surface area contributed by atoms with Gasteiger partial charge in [0, 0.05) is 5.56 Å². The van der Waals surface area contributed by atoms with E-state index in [1.807, 2.05) is 36.4 Å². The maximum atomic E-state index is 15.1. The quantitative estimate of drug-likeness (QED) is 0.0925. The van der Waals surface area contributed by atoms with Crippen LogP contribution in [0.3, 0.4) is 0 Å². The molecule has 0 aromatic heterocycles. The first-order valence-corrected chi connectivity index (χ1v) is 17.2. The van der Waals surface area contributed by atoms with Gasteiger partial charge in [0.15, 0.2) is 11.6 Å². The monoisotopic (exact) mass is 612 g/mol. The minimum Gasteiger partial charge on any atom is -0.494 e. The molecule has 0 spiro atoms. The molecule has 0 fully saturated rings. The lowest BCUT2D eigenvalue weighted by molar-refractivity contribution is 0.285. The lowest BCUT2D eigenvalue weighted by atomic mass is 9.98. The Kier molecular flexibility index (Phi) is 14.4. The summed E-state index contributed by atoms with van der Waals surface area (Å²) in [6, 6.07) is 27.3. The second-order valence-electron chi connectivity index (χ2n) is 12.0. The highest BCUT2D eigenvalue weighted by molar-refractivity contribution is 5.74. The maximum absolute atomic E-state index is 15.1. The molecule has 4 heteroatoms. The molecule has 0 saturated carbocycles. The topological polar surface area (TPSA) is 18.5 Å². The van der Waals surface area contributed by atoms with Gasteiger partial charge in [-0.2, -0.15) is 4.39 Å². The van der Waals surface area contributed by atoms with Crippen molar-refractivity contribution in [2.24, 2.45) is 0 Å². The predicted molar refractivity (Wildman–Crippen MR) is 185 cm³/mol. The molecule has 4 aromatic rings. The number of hydrogen-bond acceptors (Lipinski definition) is 2. The minimum absolute atomic E-state index is 0.0157. The van der Waals surface area contributed by atoms with Crippen LogP contribution in [-0.2, 0) is 0 Å². The molecule has 0 N–H and O–H groups in total. The minimum atomic E-state index is -0.921. The van der Waals surface area contributed by atoms with E-state index in [1.54, 1.807) is 12.1 Å². The molecule has 0 aliphatic rings. The molecule has 240 valence electrons. The summed E-state index contributed by atoms with van der Waals surface area (Å²) in [6.45, 7) is 5.58. The maximum Gasteiger partial charge on any atom is 0.201 e. The van der Waals surface area contributed by atoms with Crippen molar-refractivity contribution in [1.82, 2.24) is 0 Å². The van der Waals surface area contributed by atoms with E-state index in [9.17, 15) is 4.39 Å². The summed E-state index contributed by atoms with van der Waals surface area (Å²) in [6.07, 6.45) is 15.6. The van der Waals surface area contributed by atoms with Gasteiger partial charge in [-0.05, 0) is 64.9 Å². The van der Waals surface area contributed by atoms with Crippen LogP contribution in [0, 0.1) is 11.6 Å². The second-order valence-corrected chi connectivity index (χ2v) is 12.0. The first-order chi connectivity index (χ1) is 22.1. The summed E-state index contributed by atoms with van der Waals surface area (Å²) in [5.41, 5.74) is 5.19. The highest BCUT2D eigenvalue weighted by Gasteiger charge is 2.16. The van der Waals surface area contributed by atoms with Crippen molar-refractivity contribution < 1.29 is 18.3 Å². The van der Waals surface area contributed by atoms with Crippen molar-refractivity contribution in [1.29, 1.82) is 0 Å². The Balaban J connectivity index is 1.26. The lowest BCUT2D eigenvalue weighted by Gasteiger charge is -2.11. The molecule has 0 bridgehead atoms. The molecule has 0 saturated heterocycles. The normalized spacial score (nSPS) is 11.1. The zero-order valence-electron chi connectivity index (χ0n) is 27.3. The van der Waals surface area contributed by atoms with Crippen LogP contribution in [0.2, 0.25) is 0 Å². The molecule has 0 radical (unpaired) electrons. The van der Waals surface area contributed by atoms with Crippen molar-refractivity contribution in [3.8, 4) is 44.9 Å². The van der Waals surface area contributed by atoms with E-state index >= 15 is 4.39 Å². The van der Waals surface area contributed by atoms with Crippen molar-refractivity contribution in [2.75, 3.05) is 13.2 Å². The summed E-state index contributed by atoms with van der Waals surface area (Å²) in [5.74, 6) is -0.909. The summed E-state index contributed by atoms with van der Waals surface area (Å²) in [5, 5.41) is 0. The highest BCUT2D eigenvalue weighted by atomic mass is 19.2. The van der Waals surface area contributed by atoms with E-state index in [4.69, 9.17) is 9.47 Å². The van der Waals surface area contributed by atoms with Gasteiger partial charge in [-0.25, -0.2) is 4.39 Å². The van der Waals surface area contributed by atoms with Crippen LogP contribution in [0.1, 0.15) is 97.3 Å². The van der Waals surface area contributed by atoms with E-state index in [1.165, 1.54) is 57.8 Å². The van der Waals surface area contributed by atoms with E-state index in [-0.39, 0.29) is 11.3 Å². The fraction of sp³-hybridized carbons (Fsp3) is 0.415. The third-order valence-electron chi connectivity index (χ3n) is 8.42. The Morgan fingerprint density at radius 3 is 1.33 bits per heavy atom. The third kappa shape index (κ3) is 10.7. The van der Waals surface area contributed by atoms with Crippen molar-refractivity contribution in [3.05, 3.63) is 96.6 Å². The van der Waals surface area contributed by atoms with Crippen molar-refractivity contribution in [3.63, 3.8) is 0 Å². The van der Waals surface area contributed by atoms with Crippen LogP contribution in [0.25, 0.3) is 33.4 Å². The Bertz CT molecular complexity index is 1400. The number of unbranched alkanes of at least 4 members (excludes halogenated alkanes) is 11. The van der Waals surface area contributed by atoms with Crippen LogP contribution in [-0.4, -0.2) is 13.2 Å². The molecular formula is C41H50F2O2. The summed E-state index contributed by atoms with van der Waals surface area (Å²) >= 11 is 0. The molecule has 0 aliphatic heterocycles. The number of hydrogen-bond donors (Lipinski definition) is 0. The van der Waals surface area contributed by atoms with Gasteiger partial charge in [0.2, 0.25) is 5.82 Å². The highest BCUT2D eigenvalue weighted by Crippen LogP contribution is 2.32. The molecule has 0 aliphatic carbocycles. The van der Waals surface area contributed by atoms with Gasteiger partial charge in [-0.1, -0.05) is 145 Å². The van der Waals surface area contributed by atoms with Gasteiger partial charge >= 0.3 is 0 Å². The fourth-order valence-electron chi connectivity index (χ4n) is 5.62. The van der Waals surface area contributed by atoms with Gasteiger partial charge in [0.1, 0.15) is 5.75 Å². The standard InChI is InChI=1S/C41H50F2O2/c1-3-5-7-8-9-10-11-12-13-15-31-45-39-29-28-38(40(42)41(39)43)36-22-20-34(21-23-36)32-16-18-33(19-17-32)35-24-26-37(27-25-35)44-30-14-6-4-2/h16-29H,3-15,30-31H2,1-2H3. The molecule has 2 nitrogen and oxygen atoms in total. The van der Waals surface area contributed by atoms with Crippen LogP contribution < -0.4 is 9.47 Å². The number of ether oxygens (including phenoxy) is 2. The van der Waals surface area contributed by atoms with Crippen LogP contribution in [0.4, 0.5) is 8.78 Å². The number of benzene rings is 4. The summed E-state index contributed by atoms with van der Waals surface area (Å²) < 4.78 is 41.4. The molecule has 0 amide bonds. The lowest BCUT2D eigenvalue weighted by Crippen LogP contribution is -2.01. The molecular weight excluding hydrogens is 562 g/mol. The SMILES string of the molecule is CCCCCCCCCCCCOc1ccc(-c2ccc(-c3ccc(-c4ccc(OCCCCC)cc4)cc3)cc2)c(F)c1F. The van der Waals surface area contributed by atoms with Crippen LogP contribution in [0.15, 0.2) is 84.9 Å². The summed E-state index contributed by atoms with van der Waals surface area (Å²) in [7, 11) is 0. The van der Waals surface area contributed by atoms with E-state index < -0.39 is 11.6 Å². The molecule has 4 aromatic carbocycles. The molecule has 0 heterocycles. The summed E-state index contributed by atoms with van der Waals surface area (Å²) in [4.78, 5) is 0. The second kappa shape index (κ2) is 19.0. The molecule has 45 heavy (non-hydrogen) atoms. The van der Waals surface area contributed by atoms with Crippen molar-refractivity contribution >= 4 is 0 Å². The Morgan fingerprint density at radius 1 is 0.400 bits per heavy atom. The van der Waals surface area contributed by atoms with Gasteiger partial charge in [0.05, 0.1) is 13.2 Å². The van der Waals surface area contributed by atoms with Gasteiger partial charge in [-0.3, -0.25) is 0 Å². The third-order valence-corrected chi connectivity index (χ3v) is 8.42. The van der Waals surface area contributed by atoms with Gasteiger partial charge < -0.3 is 9.47 Å². The van der Waals surface area contributed by atoms with E-state index in [0.717, 1.165) is 60.3 Å². The van der Waals surface area contributed by atoms with E-state index in [0.29, 0.717) is 12.2 Å². The zero-order chi connectivity index (χ0) is 31.7. The number of rotatable bonds is 20. The average molecular weight is 613 g/mol. The Morgan fingerprint density at radius 2 is 0.800 bits per heavy atom. The Hall–Kier alpha value is -3.66. The van der Waals surface area contributed by atoms with Crippen LogP contribution >= 0.6 is 0 Å². The smallest absolute Gasteiger partial charge is 0.201 e. The van der Waals surface area contributed by atoms with E-state index in [2.05, 4.69) is 50.2 Å². The molecule has 0 unspecified atom stereocenters. The first kappa shape index (κ1) is 34.2. The van der Waals surface area contributed by atoms with Crippen LogP contribution in [0.5, 0.6) is 11.5 Å². The zero-order valence-corrected chi connectivity index (χ0v) is 27.3. The van der Waals surface area contributed by atoms with Gasteiger partial charge in [0.25, 0.3) is 0 Å².